The molecule has 0 amide bonds. The van der Waals surface area contributed by atoms with E-state index in [2.05, 4.69) is 11.6 Å². The smallest absolute Gasteiger partial charge is 0.211 e. The molecule has 0 rings (SSSR count). The molecule has 0 atom stereocenters. The first-order chi connectivity index (χ1) is 9.12. The van der Waals surface area contributed by atoms with E-state index in [1.807, 2.05) is 0 Å². The van der Waals surface area contributed by atoms with E-state index in [4.69, 9.17) is 0 Å². The highest BCUT2D eigenvalue weighted by molar-refractivity contribution is 7.89. The van der Waals surface area contributed by atoms with Crippen molar-refractivity contribution in [3.63, 3.8) is 0 Å². The minimum atomic E-state index is -3.07. The number of carbonyl (C=O) groups is 1. The summed E-state index contributed by atoms with van der Waals surface area (Å²) in [6, 6.07) is 0. The molecule has 0 heterocycles. The second kappa shape index (κ2) is 12.6. The van der Waals surface area contributed by atoms with Crippen molar-refractivity contribution in [2.45, 2.75) is 71.1 Å². The van der Waals surface area contributed by atoms with Gasteiger partial charge in [-0.3, -0.25) is 0 Å². The van der Waals surface area contributed by atoms with E-state index in [1.54, 1.807) is 0 Å². The first-order valence-electron chi connectivity index (χ1n) is 7.53. The molecule has 0 bridgehead atoms. The van der Waals surface area contributed by atoms with Crippen molar-refractivity contribution < 1.29 is 13.2 Å². The van der Waals surface area contributed by atoms with Crippen LogP contribution in [0.5, 0.6) is 0 Å². The van der Waals surface area contributed by atoms with Gasteiger partial charge in [0.15, 0.2) is 0 Å². The molecule has 0 aliphatic heterocycles. The van der Waals surface area contributed by atoms with Gasteiger partial charge in [0, 0.05) is 13.0 Å². The summed E-state index contributed by atoms with van der Waals surface area (Å²) in [5.41, 5.74) is 0. The van der Waals surface area contributed by atoms with Gasteiger partial charge in [-0.15, -0.1) is 0 Å². The van der Waals surface area contributed by atoms with Crippen molar-refractivity contribution in [3.05, 3.63) is 0 Å². The summed E-state index contributed by atoms with van der Waals surface area (Å²) in [5.74, 6) is 0.231. The molecule has 4 nitrogen and oxygen atoms in total. The Morgan fingerprint density at radius 1 is 0.895 bits per heavy atom. The quantitative estimate of drug-likeness (QED) is 0.395. The highest BCUT2D eigenvalue weighted by Gasteiger charge is 2.08. The van der Waals surface area contributed by atoms with E-state index in [-0.39, 0.29) is 5.75 Å². The van der Waals surface area contributed by atoms with Gasteiger partial charge in [-0.1, -0.05) is 45.4 Å². The Morgan fingerprint density at radius 2 is 1.53 bits per heavy atom. The molecule has 0 radical (unpaired) electrons. The van der Waals surface area contributed by atoms with E-state index in [0.717, 1.165) is 51.2 Å². The van der Waals surface area contributed by atoms with E-state index >= 15 is 0 Å². The summed E-state index contributed by atoms with van der Waals surface area (Å²) < 4.78 is 25.9. The molecule has 0 aliphatic rings. The highest BCUT2D eigenvalue weighted by atomic mass is 32.2. The first kappa shape index (κ1) is 18.6. The predicted molar refractivity (Wildman–Crippen MR) is 79.7 cm³/mol. The highest BCUT2D eigenvalue weighted by Crippen LogP contribution is 2.06. The van der Waals surface area contributed by atoms with Gasteiger partial charge >= 0.3 is 0 Å². The molecular weight excluding hydrogens is 262 g/mol. The van der Waals surface area contributed by atoms with Gasteiger partial charge in [0.25, 0.3) is 0 Å². The zero-order chi connectivity index (χ0) is 14.4. The molecular formula is C14H29NO3S. The molecule has 1 N–H and O–H groups in total. The Hall–Kier alpha value is -0.420. The van der Waals surface area contributed by atoms with E-state index in [0.29, 0.717) is 19.4 Å². The van der Waals surface area contributed by atoms with E-state index in [9.17, 15) is 13.2 Å². The van der Waals surface area contributed by atoms with E-state index in [1.165, 1.54) is 6.42 Å². The van der Waals surface area contributed by atoms with Crippen LogP contribution in [-0.4, -0.2) is 27.0 Å². The van der Waals surface area contributed by atoms with Gasteiger partial charge < -0.3 is 4.79 Å². The van der Waals surface area contributed by atoms with Crippen molar-refractivity contribution in [2.24, 2.45) is 0 Å². The zero-order valence-electron chi connectivity index (χ0n) is 12.2. The summed E-state index contributed by atoms with van der Waals surface area (Å²) in [6.07, 6.45) is 10.5. The molecule has 0 saturated heterocycles. The maximum absolute atomic E-state index is 11.6. The summed E-state index contributed by atoms with van der Waals surface area (Å²) in [6.45, 7) is 2.71. The van der Waals surface area contributed by atoms with Crippen LogP contribution in [0.4, 0.5) is 0 Å². The number of nitrogens with one attached hydrogen (secondary N) is 1. The molecule has 0 aromatic carbocycles. The van der Waals surface area contributed by atoms with Crippen LogP contribution >= 0.6 is 0 Å². The first-order valence-corrected chi connectivity index (χ1v) is 9.18. The lowest BCUT2D eigenvalue weighted by molar-refractivity contribution is -0.107. The second-order valence-electron chi connectivity index (χ2n) is 5.00. The summed E-state index contributed by atoms with van der Waals surface area (Å²) in [4.78, 5) is 10.1. The summed E-state index contributed by atoms with van der Waals surface area (Å²) in [7, 11) is -3.07. The van der Waals surface area contributed by atoms with Crippen LogP contribution in [0.25, 0.3) is 0 Å². The summed E-state index contributed by atoms with van der Waals surface area (Å²) >= 11 is 0. The van der Waals surface area contributed by atoms with Crippen LogP contribution in [0.1, 0.15) is 71.1 Å². The third-order valence-electron chi connectivity index (χ3n) is 3.09. The third-order valence-corrected chi connectivity index (χ3v) is 4.56. The van der Waals surface area contributed by atoms with Crippen LogP contribution in [0.3, 0.4) is 0 Å². The van der Waals surface area contributed by atoms with Gasteiger partial charge in [0.2, 0.25) is 10.0 Å². The maximum atomic E-state index is 11.6. The molecule has 0 unspecified atom stereocenters. The lowest BCUT2D eigenvalue weighted by Crippen LogP contribution is -2.27. The van der Waals surface area contributed by atoms with Gasteiger partial charge in [-0.2, -0.15) is 0 Å². The number of unbranched alkanes of at least 4 members (excludes halogenated alkanes) is 8. The second-order valence-corrected chi connectivity index (χ2v) is 6.92. The topological polar surface area (TPSA) is 63.2 Å². The van der Waals surface area contributed by atoms with Gasteiger partial charge in [-0.25, -0.2) is 13.1 Å². The van der Waals surface area contributed by atoms with Gasteiger partial charge in [0.05, 0.1) is 5.75 Å². The molecule has 0 aliphatic carbocycles. The maximum Gasteiger partial charge on any atom is 0.211 e. The van der Waals surface area contributed by atoms with Gasteiger partial charge in [-0.05, 0) is 19.3 Å². The Labute approximate surface area is 118 Å². The van der Waals surface area contributed by atoms with Crippen molar-refractivity contribution in [1.29, 1.82) is 0 Å². The number of hydrogen-bond acceptors (Lipinski definition) is 3. The summed E-state index contributed by atoms with van der Waals surface area (Å²) in [5, 5.41) is 0. The molecule has 114 valence electrons. The molecule has 0 aromatic rings. The molecule has 19 heavy (non-hydrogen) atoms. The van der Waals surface area contributed by atoms with Crippen molar-refractivity contribution >= 4 is 16.3 Å². The Bertz CT molecular complexity index is 302. The molecule has 0 aromatic heterocycles. The lowest BCUT2D eigenvalue weighted by atomic mass is 10.1. The van der Waals surface area contributed by atoms with E-state index < -0.39 is 10.0 Å². The number of hydrogen-bond donors (Lipinski definition) is 1. The minimum absolute atomic E-state index is 0.231. The largest absolute Gasteiger partial charge is 0.303 e. The van der Waals surface area contributed by atoms with Crippen molar-refractivity contribution in [3.8, 4) is 0 Å². The van der Waals surface area contributed by atoms with Crippen molar-refractivity contribution in [2.75, 3.05) is 12.3 Å². The fourth-order valence-corrected chi connectivity index (χ4v) is 3.09. The SMILES string of the molecule is CCCCCCNS(=O)(=O)CCCCCCCC=O. The van der Waals surface area contributed by atoms with Crippen LogP contribution < -0.4 is 4.72 Å². The van der Waals surface area contributed by atoms with Crippen LogP contribution in [0.2, 0.25) is 0 Å². The Kier molecular flexibility index (Phi) is 12.3. The number of rotatable bonds is 14. The van der Waals surface area contributed by atoms with Crippen LogP contribution in [0.15, 0.2) is 0 Å². The predicted octanol–water partition coefficient (Wildman–Crippen LogP) is 3.03. The zero-order valence-corrected chi connectivity index (χ0v) is 13.0. The van der Waals surface area contributed by atoms with Crippen LogP contribution in [0, 0.1) is 0 Å². The van der Waals surface area contributed by atoms with Gasteiger partial charge in [0.1, 0.15) is 6.29 Å². The Balaban J connectivity index is 3.43. The number of carbonyl (C=O) groups excluding carboxylic acids is 1. The standard InChI is InChI=1S/C14H29NO3S/c1-2-3-4-9-12-15-19(17,18)14-11-8-6-5-7-10-13-16/h13,15H,2-12,14H2,1H3. The van der Waals surface area contributed by atoms with Crippen molar-refractivity contribution in [1.82, 2.24) is 4.72 Å². The normalized spacial score (nSPS) is 11.6. The third kappa shape index (κ3) is 13.8. The monoisotopic (exact) mass is 291 g/mol. The average molecular weight is 291 g/mol. The number of aldehydes is 1. The average Bonchev–Trinajstić information content (AvgIpc) is 2.37. The Morgan fingerprint density at radius 3 is 2.21 bits per heavy atom. The lowest BCUT2D eigenvalue weighted by Gasteiger charge is -2.06. The molecule has 0 spiro atoms. The minimum Gasteiger partial charge on any atom is -0.303 e. The molecule has 5 heteroatoms. The number of sulfonamides is 1. The molecule has 0 saturated carbocycles. The fraction of sp³-hybridized carbons (Fsp3) is 0.929. The fourth-order valence-electron chi connectivity index (χ4n) is 1.90. The molecule has 0 fully saturated rings. The van der Waals surface area contributed by atoms with Crippen LogP contribution in [-0.2, 0) is 14.8 Å².